The van der Waals surface area contributed by atoms with E-state index >= 15 is 0 Å². The van der Waals surface area contributed by atoms with Crippen LogP contribution in [0.4, 0.5) is 0 Å². The van der Waals surface area contributed by atoms with E-state index in [2.05, 4.69) is 26.0 Å². The number of sulfonamides is 1. The predicted octanol–water partition coefficient (Wildman–Crippen LogP) is 0.990. The Labute approximate surface area is 122 Å². The number of likely N-dealkylation sites (N-methyl/N-ethyl adjacent to an activating group) is 1. The molecular weight excluding hydrogens is 334 g/mol. The first-order valence-electron chi connectivity index (χ1n) is 5.86. The van der Waals surface area contributed by atoms with Crippen molar-refractivity contribution in [3.8, 4) is 0 Å². The van der Waals surface area contributed by atoms with Crippen molar-refractivity contribution < 1.29 is 12.8 Å². The van der Waals surface area contributed by atoms with E-state index in [1.807, 2.05) is 25.9 Å². The Morgan fingerprint density at radius 3 is 2.63 bits per heavy atom. The van der Waals surface area contributed by atoms with Gasteiger partial charge in [0.25, 0.3) is 0 Å². The molecule has 0 fully saturated rings. The van der Waals surface area contributed by atoms with Crippen molar-refractivity contribution in [1.82, 2.24) is 14.9 Å². The highest BCUT2D eigenvalue weighted by atomic mass is 79.9. The van der Waals surface area contributed by atoms with Gasteiger partial charge in [-0.15, -0.1) is 0 Å². The molecule has 0 aromatic carbocycles. The van der Waals surface area contributed by atoms with Crippen LogP contribution in [0.3, 0.4) is 0 Å². The molecule has 1 aromatic rings. The Morgan fingerprint density at radius 2 is 2.11 bits per heavy atom. The molecular formula is C11H20BrN3O3S. The van der Waals surface area contributed by atoms with Gasteiger partial charge in [-0.2, -0.15) is 0 Å². The summed E-state index contributed by atoms with van der Waals surface area (Å²) in [4.78, 5) is 2.05. The molecule has 1 heterocycles. The molecule has 0 amide bonds. The van der Waals surface area contributed by atoms with E-state index in [9.17, 15) is 8.42 Å². The fourth-order valence-electron chi connectivity index (χ4n) is 1.76. The lowest BCUT2D eigenvalue weighted by Crippen LogP contribution is -2.39. The quantitative estimate of drug-likeness (QED) is 0.764. The van der Waals surface area contributed by atoms with Crippen molar-refractivity contribution in [2.75, 3.05) is 27.7 Å². The second kappa shape index (κ2) is 6.85. The van der Waals surface area contributed by atoms with Crippen molar-refractivity contribution in [2.45, 2.75) is 24.4 Å². The molecule has 8 heteroatoms. The summed E-state index contributed by atoms with van der Waals surface area (Å²) < 4.78 is 32.6. The van der Waals surface area contributed by atoms with Crippen LogP contribution < -0.4 is 10.0 Å². The van der Waals surface area contributed by atoms with E-state index in [1.165, 1.54) is 6.07 Å². The minimum atomic E-state index is -3.58. The fourth-order valence-corrected chi connectivity index (χ4v) is 3.99. The topological polar surface area (TPSA) is 74.6 Å². The summed E-state index contributed by atoms with van der Waals surface area (Å²) in [5.41, 5.74) is 0. The number of nitrogens with one attached hydrogen (secondary N) is 2. The highest BCUT2D eigenvalue weighted by molar-refractivity contribution is 9.10. The molecule has 110 valence electrons. The maximum Gasteiger partial charge on any atom is 0.245 e. The molecule has 2 N–H and O–H groups in total. The van der Waals surface area contributed by atoms with Crippen LogP contribution >= 0.6 is 15.9 Å². The van der Waals surface area contributed by atoms with Gasteiger partial charge in [-0.05, 0) is 44.0 Å². The largest absolute Gasteiger partial charge is 0.452 e. The summed E-state index contributed by atoms with van der Waals surface area (Å²) in [7, 11) is 1.97. The van der Waals surface area contributed by atoms with Gasteiger partial charge >= 0.3 is 0 Å². The smallest absolute Gasteiger partial charge is 0.245 e. The number of hydrogen-bond acceptors (Lipinski definition) is 5. The van der Waals surface area contributed by atoms with E-state index in [-0.39, 0.29) is 15.6 Å². The van der Waals surface area contributed by atoms with E-state index in [4.69, 9.17) is 4.42 Å². The molecule has 6 nitrogen and oxygen atoms in total. The minimum Gasteiger partial charge on any atom is -0.452 e. The van der Waals surface area contributed by atoms with Crippen molar-refractivity contribution in [1.29, 1.82) is 0 Å². The lowest BCUT2D eigenvalue weighted by Gasteiger charge is -2.17. The van der Waals surface area contributed by atoms with Crippen LogP contribution in [0.25, 0.3) is 0 Å². The Balaban J connectivity index is 2.88. The first-order chi connectivity index (χ1) is 8.76. The molecule has 0 spiro atoms. The normalized spacial score (nSPS) is 14.0. The second-order valence-electron chi connectivity index (χ2n) is 4.67. The summed E-state index contributed by atoms with van der Waals surface area (Å²) >= 11 is 3.14. The van der Waals surface area contributed by atoms with E-state index < -0.39 is 10.0 Å². The number of hydrogen-bond donors (Lipinski definition) is 2. The number of furan rings is 1. The molecule has 1 rings (SSSR count). The van der Waals surface area contributed by atoms with Gasteiger partial charge in [-0.1, -0.05) is 0 Å². The van der Waals surface area contributed by atoms with Crippen LogP contribution in [0, 0.1) is 0 Å². The predicted molar refractivity (Wildman–Crippen MR) is 77.5 cm³/mol. The van der Waals surface area contributed by atoms with Crippen molar-refractivity contribution in [3.05, 3.63) is 16.5 Å². The van der Waals surface area contributed by atoms with Crippen LogP contribution in [-0.4, -0.2) is 47.0 Å². The zero-order valence-electron chi connectivity index (χ0n) is 11.5. The number of halogens is 1. The van der Waals surface area contributed by atoms with Gasteiger partial charge in [0.1, 0.15) is 10.7 Å². The first-order valence-corrected chi connectivity index (χ1v) is 8.13. The minimum absolute atomic E-state index is 0.128. The molecule has 1 atom stereocenters. The third-order valence-electron chi connectivity index (χ3n) is 2.34. The summed E-state index contributed by atoms with van der Waals surface area (Å²) in [6.07, 6.45) is 0. The molecule has 0 aliphatic rings. The molecule has 0 aliphatic heterocycles. The SMILES string of the molecule is CNCc1cc(S(=O)(=O)NC(C)CN(C)C)c(Br)o1. The summed E-state index contributed by atoms with van der Waals surface area (Å²) in [5.74, 6) is 0.565. The van der Waals surface area contributed by atoms with E-state index in [0.29, 0.717) is 18.8 Å². The van der Waals surface area contributed by atoms with Crippen LogP contribution in [0.5, 0.6) is 0 Å². The van der Waals surface area contributed by atoms with E-state index in [0.717, 1.165) is 0 Å². The summed E-state index contributed by atoms with van der Waals surface area (Å²) in [5, 5.41) is 2.91. The van der Waals surface area contributed by atoms with Crippen molar-refractivity contribution >= 4 is 26.0 Å². The Kier molecular flexibility index (Phi) is 6.00. The van der Waals surface area contributed by atoms with Gasteiger partial charge in [0, 0.05) is 18.7 Å². The van der Waals surface area contributed by atoms with Crippen molar-refractivity contribution in [3.63, 3.8) is 0 Å². The van der Waals surface area contributed by atoms with Crippen LogP contribution in [0.15, 0.2) is 20.0 Å². The van der Waals surface area contributed by atoms with Gasteiger partial charge in [0.15, 0.2) is 4.67 Å². The summed E-state index contributed by atoms with van der Waals surface area (Å²) in [6.45, 7) is 2.92. The van der Waals surface area contributed by atoms with Gasteiger partial charge in [0.2, 0.25) is 10.0 Å². The monoisotopic (exact) mass is 353 g/mol. The Hall–Kier alpha value is -0.410. The highest BCUT2D eigenvalue weighted by Crippen LogP contribution is 2.26. The number of rotatable bonds is 7. The van der Waals surface area contributed by atoms with E-state index in [1.54, 1.807) is 7.05 Å². The highest BCUT2D eigenvalue weighted by Gasteiger charge is 2.24. The van der Waals surface area contributed by atoms with Crippen LogP contribution in [0.1, 0.15) is 12.7 Å². The molecule has 0 aliphatic carbocycles. The van der Waals surface area contributed by atoms with Gasteiger partial charge < -0.3 is 14.6 Å². The van der Waals surface area contributed by atoms with Gasteiger partial charge in [-0.25, -0.2) is 13.1 Å². The number of nitrogens with zero attached hydrogens (tertiary/aromatic N) is 1. The molecule has 19 heavy (non-hydrogen) atoms. The molecule has 1 aromatic heterocycles. The lowest BCUT2D eigenvalue weighted by atomic mass is 10.3. The maximum atomic E-state index is 12.2. The van der Waals surface area contributed by atoms with Crippen molar-refractivity contribution in [2.24, 2.45) is 0 Å². The van der Waals surface area contributed by atoms with Crippen LogP contribution in [0.2, 0.25) is 0 Å². The zero-order chi connectivity index (χ0) is 14.6. The van der Waals surface area contributed by atoms with Crippen LogP contribution in [-0.2, 0) is 16.6 Å². The first kappa shape index (κ1) is 16.6. The third-order valence-corrected chi connectivity index (χ3v) is 4.79. The standard InChI is InChI=1S/C11H20BrN3O3S/c1-8(7-15(3)4)14-19(16,17)10-5-9(6-13-2)18-11(10)12/h5,8,13-14H,6-7H2,1-4H3. The summed E-state index contributed by atoms with van der Waals surface area (Å²) in [6, 6.07) is 1.33. The average molecular weight is 354 g/mol. The molecule has 0 saturated carbocycles. The fraction of sp³-hybridized carbons (Fsp3) is 0.636. The Morgan fingerprint density at radius 1 is 1.47 bits per heavy atom. The second-order valence-corrected chi connectivity index (χ2v) is 7.07. The molecule has 0 radical (unpaired) electrons. The lowest BCUT2D eigenvalue weighted by molar-refractivity contribution is 0.370. The molecule has 0 saturated heterocycles. The molecule has 0 bridgehead atoms. The van der Waals surface area contributed by atoms with Gasteiger partial charge in [0.05, 0.1) is 6.54 Å². The maximum absolute atomic E-state index is 12.2. The van der Waals surface area contributed by atoms with Gasteiger partial charge in [-0.3, -0.25) is 0 Å². The Bertz CT molecular complexity index is 513. The molecule has 1 unspecified atom stereocenters. The zero-order valence-corrected chi connectivity index (χ0v) is 13.9. The average Bonchev–Trinajstić information content (AvgIpc) is 2.58. The third kappa shape index (κ3) is 4.88.